The van der Waals surface area contributed by atoms with E-state index in [9.17, 15) is 4.79 Å². The summed E-state index contributed by atoms with van der Waals surface area (Å²) in [5.41, 5.74) is 3.69. The third-order valence-corrected chi connectivity index (χ3v) is 5.57. The summed E-state index contributed by atoms with van der Waals surface area (Å²) in [6, 6.07) is 26.5. The fourth-order valence-electron chi connectivity index (χ4n) is 4.00. The Morgan fingerprint density at radius 1 is 0.889 bits per heavy atom. The molecular formula is C30H27N3O3. The molecule has 5 rings (SSSR count). The van der Waals surface area contributed by atoms with Crippen LogP contribution in [0.1, 0.15) is 29.9 Å². The van der Waals surface area contributed by atoms with Crippen LogP contribution in [0.3, 0.4) is 0 Å². The van der Waals surface area contributed by atoms with E-state index in [4.69, 9.17) is 9.47 Å². The van der Waals surface area contributed by atoms with Crippen LogP contribution in [-0.2, 0) is 0 Å². The molecule has 180 valence electrons. The molecule has 2 heterocycles. The number of H-pyrrole nitrogens is 1. The second-order valence-electron chi connectivity index (χ2n) is 8.70. The number of rotatable bonds is 7. The van der Waals surface area contributed by atoms with Gasteiger partial charge in [-0.05, 0) is 80.6 Å². The number of anilines is 3. The smallest absolute Gasteiger partial charge is 0.272 e. The summed E-state index contributed by atoms with van der Waals surface area (Å²) < 4.78 is 11.6. The molecule has 0 atom stereocenters. The lowest BCUT2D eigenvalue weighted by Crippen LogP contribution is -2.18. The van der Waals surface area contributed by atoms with Crippen LogP contribution in [0.2, 0.25) is 0 Å². The second kappa shape index (κ2) is 9.88. The van der Waals surface area contributed by atoms with Gasteiger partial charge >= 0.3 is 0 Å². The summed E-state index contributed by atoms with van der Waals surface area (Å²) in [4.78, 5) is 18.4. The molecule has 0 spiro atoms. The summed E-state index contributed by atoms with van der Waals surface area (Å²) in [7, 11) is 0. The SMILES string of the molecule is C=C1C=Cc2cc(C(=O)Nc3cccc(Oc4ccccc4)c3)[nH]c2N1c1ccc(OC(C)C)cc1. The Morgan fingerprint density at radius 3 is 2.39 bits per heavy atom. The Kier molecular flexibility index (Phi) is 6.33. The average Bonchev–Trinajstić information content (AvgIpc) is 3.30. The molecule has 0 fully saturated rings. The van der Waals surface area contributed by atoms with Crippen LogP contribution in [-0.4, -0.2) is 17.0 Å². The van der Waals surface area contributed by atoms with Gasteiger partial charge in [-0.2, -0.15) is 0 Å². The van der Waals surface area contributed by atoms with E-state index in [1.54, 1.807) is 6.07 Å². The van der Waals surface area contributed by atoms with Crippen LogP contribution >= 0.6 is 0 Å². The molecule has 1 aliphatic rings. The molecule has 4 aromatic rings. The number of nitrogens with zero attached hydrogens (tertiary/aromatic N) is 1. The van der Waals surface area contributed by atoms with E-state index in [2.05, 4.69) is 16.9 Å². The van der Waals surface area contributed by atoms with Crippen molar-refractivity contribution in [3.05, 3.63) is 115 Å². The Bertz CT molecular complexity index is 1420. The number of carbonyl (C=O) groups is 1. The highest BCUT2D eigenvalue weighted by atomic mass is 16.5. The molecule has 1 aromatic heterocycles. The van der Waals surface area contributed by atoms with Gasteiger partial charge in [0, 0.05) is 28.7 Å². The van der Waals surface area contributed by atoms with Gasteiger partial charge in [0.2, 0.25) is 0 Å². The van der Waals surface area contributed by atoms with Gasteiger partial charge in [-0.15, -0.1) is 0 Å². The zero-order valence-electron chi connectivity index (χ0n) is 20.2. The molecule has 3 aromatic carbocycles. The van der Waals surface area contributed by atoms with Gasteiger partial charge in [0.15, 0.2) is 0 Å². The number of carbonyl (C=O) groups excluding carboxylic acids is 1. The quantitative estimate of drug-likeness (QED) is 0.289. The van der Waals surface area contributed by atoms with Crippen LogP contribution in [0.4, 0.5) is 17.2 Å². The Morgan fingerprint density at radius 2 is 1.64 bits per heavy atom. The fraction of sp³-hybridized carbons (Fsp3) is 0.100. The molecule has 1 amide bonds. The maximum Gasteiger partial charge on any atom is 0.272 e. The maximum absolute atomic E-state index is 13.1. The largest absolute Gasteiger partial charge is 0.491 e. The molecule has 0 unspecified atom stereocenters. The van der Waals surface area contributed by atoms with E-state index in [1.807, 2.05) is 110 Å². The predicted molar refractivity (Wildman–Crippen MR) is 144 cm³/mol. The minimum absolute atomic E-state index is 0.102. The molecule has 0 saturated heterocycles. The highest BCUT2D eigenvalue weighted by Gasteiger charge is 2.23. The molecule has 6 heteroatoms. The number of hydrogen-bond acceptors (Lipinski definition) is 4. The lowest BCUT2D eigenvalue weighted by atomic mass is 10.1. The molecule has 2 N–H and O–H groups in total. The van der Waals surface area contributed by atoms with Crippen LogP contribution in [0, 0.1) is 0 Å². The second-order valence-corrected chi connectivity index (χ2v) is 8.70. The Labute approximate surface area is 210 Å². The lowest BCUT2D eigenvalue weighted by Gasteiger charge is -2.27. The first-order valence-corrected chi connectivity index (χ1v) is 11.8. The topological polar surface area (TPSA) is 66.6 Å². The minimum atomic E-state index is -0.249. The number of amides is 1. The standard InChI is InChI=1S/C30H27N3O3/c1-20(2)35-26-16-14-24(15-17-26)33-21(3)12-13-22-18-28(32-29(22)33)30(34)31-23-8-7-11-27(19-23)36-25-9-5-4-6-10-25/h4-20,32H,3H2,1-2H3,(H,31,34). The van der Waals surface area contributed by atoms with Crippen molar-refractivity contribution in [3.8, 4) is 17.2 Å². The Balaban J connectivity index is 1.35. The number of aromatic amines is 1. The molecule has 0 bridgehead atoms. The van der Waals surface area contributed by atoms with Gasteiger partial charge < -0.3 is 19.8 Å². The fourth-order valence-corrected chi connectivity index (χ4v) is 4.00. The number of para-hydroxylation sites is 1. The molecule has 0 radical (unpaired) electrons. The van der Waals surface area contributed by atoms with E-state index in [-0.39, 0.29) is 12.0 Å². The number of nitrogens with one attached hydrogen (secondary N) is 2. The van der Waals surface area contributed by atoms with Gasteiger partial charge in [-0.3, -0.25) is 9.69 Å². The highest BCUT2D eigenvalue weighted by Crippen LogP contribution is 2.37. The molecular weight excluding hydrogens is 450 g/mol. The third-order valence-electron chi connectivity index (χ3n) is 5.57. The first-order valence-electron chi connectivity index (χ1n) is 11.8. The summed E-state index contributed by atoms with van der Waals surface area (Å²) in [6.07, 6.45) is 3.98. The molecule has 36 heavy (non-hydrogen) atoms. The molecule has 0 saturated carbocycles. The molecule has 0 aliphatic carbocycles. The number of benzene rings is 3. The zero-order valence-corrected chi connectivity index (χ0v) is 20.2. The van der Waals surface area contributed by atoms with Crippen LogP contribution in [0.25, 0.3) is 6.08 Å². The summed E-state index contributed by atoms with van der Waals surface area (Å²) in [5, 5.41) is 2.95. The van der Waals surface area contributed by atoms with Crippen molar-refractivity contribution in [1.82, 2.24) is 4.98 Å². The summed E-state index contributed by atoms with van der Waals surface area (Å²) >= 11 is 0. The lowest BCUT2D eigenvalue weighted by molar-refractivity contribution is 0.102. The van der Waals surface area contributed by atoms with Crippen molar-refractivity contribution in [3.63, 3.8) is 0 Å². The number of allylic oxidation sites excluding steroid dienone is 1. The normalized spacial score (nSPS) is 12.4. The number of aromatic nitrogens is 1. The summed E-state index contributed by atoms with van der Waals surface area (Å²) in [6.45, 7) is 8.17. The van der Waals surface area contributed by atoms with Crippen molar-refractivity contribution < 1.29 is 14.3 Å². The first kappa shape index (κ1) is 23.1. The minimum Gasteiger partial charge on any atom is -0.491 e. The van der Waals surface area contributed by atoms with Gasteiger partial charge in [0.05, 0.1) is 6.10 Å². The maximum atomic E-state index is 13.1. The Hall–Kier alpha value is -4.71. The van der Waals surface area contributed by atoms with Crippen LogP contribution in [0.5, 0.6) is 17.2 Å². The summed E-state index contributed by atoms with van der Waals surface area (Å²) in [5.74, 6) is 2.71. The molecule has 1 aliphatic heterocycles. The number of ether oxygens (including phenoxy) is 2. The van der Waals surface area contributed by atoms with Gasteiger partial charge in [-0.1, -0.05) is 30.8 Å². The van der Waals surface area contributed by atoms with Gasteiger partial charge in [0.1, 0.15) is 28.8 Å². The van der Waals surface area contributed by atoms with Crippen molar-refractivity contribution in [2.24, 2.45) is 0 Å². The van der Waals surface area contributed by atoms with Crippen molar-refractivity contribution in [1.29, 1.82) is 0 Å². The highest BCUT2D eigenvalue weighted by molar-refractivity contribution is 6.04. The van der Waals surface area contributed by atoms with E-state index in [1.165, 1.54) is 0 Å². The van der Waals surface area contributed by atoms with Crippen molar-refractivity contribution >= 4 is 29.2 Å². The van der Waals surface area contributed by atoms with Crippen molar-refractivity contribution in [2.45, 2.75) is 20.0 Å². The first-order chi connectivity index (χ1) is 17.5. The van der Waals surface area contributed by atoms with Crippen molar-refractivity contribution in [2.75, 3.05) is 10.2 Å². The van der Waals surface area contributed by atoms with E-state index >= 15 is 0 Å². The van der Waals surface area contributed by atoms with E-state index in [0.29, 0.717) is 17.1 Å². The molecule has 6 nitrogen and oxygen atoms in total. The number of hydrogen-bond donors (Lipinski definition) is 2. The van der Waals surface area contributed by atoms with E-state index < -0.39 is 0 Å². The van der Waals surface area contributed by atoms with Crippen LogP contribution < -0.4 is 19.7 Å². The van der Waals surface area contributed by atoms with E-state index in [0.717, 1.165) is 34.3 Å². The van der Waals surface area contributed by atoms with Gasteiger partial charge in [-0.25, -0.2) is 0 Å². The zero-order chi connectivity index (χ0) is 25.1. The van der Waals surface area contributed by atoms with Crippen LogP contribution in [0.15, 0.2) is 103 Å². The third kappa shape index (κ3) is 5.03. The average molecular weight is 478 g/mol. The number of fused-ring (bicyclic) bond motifs is 1. The van der Waals surface area contributed by atoms with Gasteiger partial charge in [0.25, 0.3) is 5.91 Å². The monoisotopic (exact) mass is 477 g/mol. The predicted octanol–water partition coefficient (Wildman–Crippen LogP) is 7.53.